The molecule has 0 aliphatic carbocycles. The quantitative estimate of drug-likeness (QED) is 0.692. The second-order valence-corrected chi connectivity index (χ2v) is 5.19. The predicted octanol–water partition coefficient (Wildman–Crippen LogP) is 4.02. The highest BCUT2D eigenvalue weighted by atomic mass is 16.5. The molecular formula is C17H25NO2. The molecule has 2 atom stereocenters. The van der Waals surface area contributed by atoms with Gasteiger partial charge in [-0.05, 0) is 30.5 Å². The number of aliphatic hydroxyl groups excluding tert-OH is 1. The molecule has 0 spiro atoms. The number of rotatable bonds is 9. The molecule has 0 heterocycles. The Morgan fingerprint density at radius 3 is 2.45 bits per heavy atom. The molecule has 110 valence electrons. The zero-order valence-corrected chi connectivity index (χ0v) is 12.5. The molecule has 0 fully saturated rings. The van der Waals surface area contributed by atoms with Crippen LogP contribution in [0.15, 0.2) is 24.3 Å². The number of unbranched alkanes of at least 4 members (excludes halogenated alkanes) is 3. The van der Waals surface area contributed by atoms with Gasteiger partial charge in [0.15, 0.2) is 0 Å². The molecule has 3 heteroatoms. The number of benzene rings is 1. The maximum Gasteiger partial charge on any atom is 0.118 e. The molecule has 0 aliphatic heterocycles. The van der Waals surface area contributed by atoms with Crippen LogP contribution < -0.4 is 4.74 Å². The van der Waals surface area contributed by atoms with Crippen LogP contribution in [-0.2, 0) is 0 Å². The lowest BCUT2D eigenvalue weighted by Crippen LogP contribution is -2.11. The number of aliphatic hydroxyl groups is 1. The molecule has 0 aliphatic rings. The molecule has 0 saturated carbocycles. The van der Waals surface area contributed by atoms with Crippen LogP contribution in [0.25, 0.3) is 0 Å². The van der Waals surface area contributed by atoms with E-state index in [4.69, 9.17) is 4.74 Å². The van der Waals surface area contributed by atoms with E-state index in [1.54, 1.807) is 7.11 Å². The van der Waals surface area contributed by atoms with E-state index in [0.29, 0.717) is 6.42 Å². The molecular weight excluding hydrogens is 250 g/mol. The number of nitriles is 1. The summed E-state index contributed by atoms with van der Waals surface area (Å²) in [7, 11) is 1.62. The van der Waals surface area contributed by atoms with Gasteiger partial charge in [-0.1, -0.05) is 44.7 Å². The Morgan fingerprint density at radius 2 is 1.90 bits per heavy atom. The smallest absolute Gasteiger partial charge is 0.118 e. The number of methoxy groups -OCH3 is 1. The van der Waals surface area contributed by atoms with Crippen molar-refractivity contribution in [2.75, 3.05) is 7.11 Å². The highest BCUT2D eigenvalue weighted by molar-refractivity contribution is 5.32. The lowest BCUT2D eigenvalue weighted by molar-refractivity contribution is 0.147. The minimum atomic E-state index is -0.390. The molecule has 0 unspecified atom stereocenters. The minimum absolute atomic E-state index is 0.248. The lowest BCUT2D eigenvalue weighted by atomic mass is 9.92. The molecule has 0 aromatic heterocycles. The van der Waals surface area contributed by atoms with Crippen LogP contribution in [0.5, 0.6) is 5.75 Å². The van der Waals surface area contributed by atoms with E-state index in [1.165, 1.54) is 12.8 Å². The summed E-state index contributed by atoms with van der Waals surface area (Å²) < 4.78 is 5.11. The molecule has 1 aromatic rings. The van der Waals surface area contributed by atoms with Crippen LogP contribution in [0.3, 0.4) is 0 Å². The SMILES string of the molecule is CCCCCC[C@@H](O)C[C@H](C#N)c1ccc(OC)cc1. The Hall–Kier alpha value is -1.53. The van der Waals surface area contributed by atoms with Crippen LogP contribution in [0.2, 0.25) is 0 Å². The summed E-state index contributed by atoms with van der Waals surface area (Å²) in [5, 5.41) is 19.3. The topological polar surface area (TPSA) is 53.2 Å². The third-order valence-electron chi connectivity index (χ3n) is 3.57. The third-order valence-corrected chi connectivity index (χ3v) is 3.57. The van der Waals surface area contributed by atoms with Crippen LogP contribution in [-0.4, -0.2) is 18.3 Å². The molecule has 3 nitrogen and oxygen atoms in total. The van der Waals surface area contributed by atoms with Gasteiger partial charge in [0.1, 0.15) is 5.75 Å². The van der Waals surface area contributed by atoms with E-state index in [9.17, 15) is 10.4 Å². The van der Waals surface area contributed by atoms with E-state index in [0.717, 1.165) is 30.6 Å². The number of hydrogen-bond acceptors (Lipinski definition) is 3. The fraction of sp³-hybridized carbons (Fsp3) is 0.588. The van der Waals surface area contributed by atoms with Crippen LogP contribution in [0.1, 0.15) is 56.9 Å². The second kappa shape index (κ2) is 9.39. The van der Waals surface area contributed by atoms with Crippen molar-refractivity contribution in [3.8, 4) is 11.8 Å². The van der Waals surface area contributed by atoms with Crippen molar-refractivity contribution in [1.29, 1.82) is 5.26 Å². The van der Waals surface area contributed by atoms with Crippen molar-refractivity contribution in [2.45, 2.75) is 57.5 Å². The summed E-state index contributed by atoms with van der Waals surface area (Å²) in [5.74, 6) is 0.535. The highest BCUT2D eigenvalue weighted by Crippen LogP contribution is 2.24. The Labute approximate surface area is 122 Å². The average Bonchev–Trinajstić information content (AvgIpc) is 2.49. The lowest BCUT2D eigenvalue weighted by Gasteiger charge is -2.15. The monoisotopic (exact) mass is 275 g/mol. The van der Waals surface area contributed by atoms with E-state index < -0.39 is 6.10 Å². The van der Waals surface area contributed by atoms with Crippen LogP contribution >= 0.6 is 0 Å². The summed E-state index contributed by atoms with van der Waals surface area (Å²) in [6.45, 7) is 2.17. The third kappa shape index (κ3) is 5.63. The van der Waals surface area contributed by atoms with Crippen molar-refractivity contribution < 1.29 is 9.84 Å². The highest BCUT2D eigenvalue weighted by Gasteiger charge is 2.16. The predicted molar refractivity (Wildman–Crippen MR) is 80.7 cm³/mol. The number of ether oxygens (including phenoxy) is 1. The first-order valence-corrected chi connectivity index (χ1v) is 7.42. The van der Waals surface area contributed by atoms with Gasteiger partial charge < -0.3 is 9.84 Å². The second-order valence-electron chi connectivity index (χ2n) is 5.19. The van der Waals surface area contributed by atoms with E-state index in [-0.39, 0.29) is 5.92 Å². The Balaban J connectivity index is 2.47. The first kappa shape index (κ1) is 16.5. The van der Waals surface area contributed by atoms with Crippen LogP contribution in [0.4, 0.5) is 0 Å². The standard InChI is InChI=1S/C17H25NO2/c1-3-4-5-6-7-16(19)12-15(13-18)14-8-10-17(20-2)11-9-14/h8-11,15-16,19H,3-7,12H2,1-2H3/t15-,16-/m1/s1. The van der Waals surface area contributed by atoms with Gasteiger partial charge in [-0.2, -0.15) is 5.26 Å². The van der Waals surface area contributed by atoms with Crippen molar-refractivity contribution in [3.63, 3.8) is 0 Å². The average molecular weight is 275 g/mol. The van der Waals surface area contributed by atoms with Crippen molar-refractivity contribution >= 4 is 0 Å². The summed E-state index contributed by atoms with van der Waals surface area (Å²) in [6, 6.07) is 9.80. The van der Waals surface area contributed by atoms with Crippen molar-refractivity contribution in [3.05, 3.63) is 29.8 Å². The molecule has 20 heavy (non-hydrogen) atoms. The summed E-state index contributed by atoms with van der Waals surface area (Å²) in [6.07, 6.45) is 5.51. The van der Waals surface area contributed by atoms with E-state index >= 15 is 0 Å². The van der Waals surface area contributed by atoms with Gasteiger partial charge in [-0.15, -0.1) is 0 Å². The van der Waals surface area contributed by atoms with E-state index in [2.05, 4.69) is 13.0 Å². The minimum Gasteiger partial charge on any atom is -0.497 e. The van der Waals surface area contributed by atoms with Gasteiger partial charge in [0.25, 0.3) is 0 Å². The zero-order chi connectivity index (χ0) is 14.8. The summed E-state index contributed by atoms with van der Waals surface area (Å²) in [4.78, 5) is 0. The fourth-order valence-electron chi connectivity index (χ4n) is 2.30. The summed E-state index contributed by atoms with van der Waals surface area (Å²) >= 11 is 0. The van der Waals surface area contributed by atoms with Gasteiger partial charge in [-0.3, -0.25) is 0 Å². The Morgan fingerprint density at radius 1 is 1.20 bits per heavy atom. The van der Waals surface area contributed by atoms with Crippen molar-refractivity contribution in [2.24, 2.45) is 0 Å². The van der Waals surface area contributed by atoms with Gasteiger partial charge >= 0.3 is 0 Å². The van der Waals surface area contributed by atoms with Gasteiger partial charge in [0.2, 0.25) is 0 Å². The van der Waals surface area contributed by atoms with Gasteiger partial charge in [-0.25, -0.2) is 0 Å². The fourth-order valence-corrected chi connectivity index (χ4v) is 2.30. The maximum absolute atomic E-state index is 10.0. The maximum atomic E-state index is 10.0. The van der Waals surface area contributed by atoms with Gasteiger partial charge in [0, 0.05) is 0 Å². The number of nitrogens with zero attached hydrogens (tertiary/aromatic N) is 1. The summed E-state index contributed by atoms with van der Waals surface area (Å²) in [5.41, 5.74) is 0.945. The van der Waals surface area contributed by atoms with E-state index in [1.807, 2.05) is 24.3 Å². The molecule has 1 aromatic carbocycles. The Kier molecular flexibility index (Phi) is 7.75. The molecule has 0 bridgehead atoms. The molecule has 1 rings (SSSR count). The normalized spacial score (nSPS) is 13.5. The largest absolute Gasteiger partial charge is 0.497 e. The molecule has 0 amide bonds. The molecule has 0 radical (unpaired) electrons. The molecule has 1 N–H and O–H groups in total. The first-order chi connectivity index (χ1) is 9.71. The van der Waals surface area contributed by atoms with Gasteiger partial charge in [0.05, 0.1) is 25.2 Å². The zero-order valence-electron chi connectivity index (χ0n) is 12.5. The van der Waals surface area contributed by atoms with Crippen LogP contribution in [0, 0.1) is 11.3 Å². The molecule has 0 saturated heterocycles. The van der Waals surface area contributed by atoms with Crippen molar-refractivity contribution in [1.82, 2.24) is 0 Å². The Bertz CT molecular complexity index is 408. The number of hydrogen-bond donors (Lipinski definition) is 1. The first-order valence-electron chi connectivity index (χ1n) is 7.42.